The fourth-order valence-corrected chi connectivity index (χ4v) is 2.91. The highest BCUT2D eigenvalue weighted by Gasteiger charge is 2.15. The second-order valence-electron chi connectivity index (χ2n) is 3.93. The molecule has 2 heterocycles. The van der Waals surface area contributed by atoms with Crippen molar-refractivity contribution in [2.45, 2.75) is 4.90 Å². The number of nitrogens with zero attached hydrogens (tertiary/aromatic N) is 3. The second kappa shape index (κ2) is 5.49. The molecule has 3 rings (SSSR count). The molecule has 0 amide bonds. The van der Waals surface area contributed by atoms with Crippen LogP contribution in [0.1, 0.15) is 5.56 Å². The van der Waals surface area contributed by atoms with Gasteiger partial charge in [0.05, 0.1) is 5.56 Å². The van der Waals surface area contributed by atoms with Crippen LogP contribution in [0.2, 0.25) is 0 Å². The standard InChI is InChI=1S/C14H9N3OS2/c1-19-11-4-2-9(3-5-11)13-16-14(18-17-13)12-10(8-15)6-7-20-12/h2-7H,1H3. The van der Waals surface area contributed by atoms with Crippen molar-refractivity contribution in [1.29, 1.82) is 5.26 Å². The summed E-state index contributed by atoms with van der Waals surface area (Å²) in [5.74, 6) is 0.922. The van der Waals surface area contributed by atoms with Crippen LogP contribution in [0.4, 0.5) is 0 Å². The van der Waals surface area contributed by atoms with Gasteiger partial charge in [-0.15, -0.1) is 23.1 Å². The third kappa shape index (κ3) is 2.33. The van der Waals surface area contributed by atoms with Gasteiger partial charge in [0.1, 0.15) is 10.9 Å². The van der Waals surface area contributed by atoms with E-state index in [2.05, 4.69) is 16.2 Å². The van der Waals surface area contributed by atoms with Crippen molar-refractivity contribution in [2.75, 3.05) is 6.26 Å². The number of benzene rings is 1. The zero-order valence-corrected chi connectivity index (χ0v) is 12.2. The van der Waals surface area contributed by atoms with E-state index in [0.29, 0.717) is 22.2 Å². The summed E-state index contributed by atoms with van der Waals surface area (Å²) in [4.78, 5) is 6.26. The number of thiophene rings is 1. The number of rotatable bonds is 3. The fraction of sp³-hybridized carbons (Fsp3) is 0.0714. The first-order chi connectivity index (χ1) is 9.81. The second-order valence-corrected chi connectivity index (χ2v) is 5.72. The molecule has 3 aromatic rings. The summed E-state index contributed by atoms with van der Waals surface area (Å²) in [7, 11) is 0. The van der Waals surface area contributed by atoms with E-state index in [-0.39, 0.29) is 0 Å². The van der Waals surface area contributed by atoms with Gasteiger partial charge in [0.25, 0.3) is 5.89 Å². The average Bonchev–Trinajstić information content (AvgIpc) is 3.15. The molecule has 6 heteroatoms. The third-order valence-electron chi connectivity index (χ3n) is 2.75. The Morgan fingerprint density at radius 1 is 1.25 bits per heavy atom. The minimum absolute atomic E-state index is 0.389. The zero-order chi connectivity index (χ0) is 13.9. The van der Waals surface area contributed by atoms with Gasteiger partial charge < -0.3 is 4.52 Å². The van der Waals surface area contributed by atoms with E-state index >= 15 is 0 Å². The molecule has 0 aliphatic rings. The lowest BCUT2D eigenvalue weighted by Gasteiger charge is -1.96. The number of thioether (sulfide) groups is 1. The molecule has 0 spiro atoms. The van der Waals surface area contributed by atoms with Gasteiger partial charge in [-0.2, -0.15) is 10.2 Å². The fourth-order valence-electron chi connectivity index (χ4n) is 1.74. The maximum atomic E-state index is 9.01. The van der Waals surface area contributed by atoms with E-state index in [1.165, 1.54) is 16.2 Å². The van der Waals surface area contributed by atoms with Gasteiger partial charge in [-0.25, -0.2) is 0 Å². The molecule has 0 saturated carbocycles. The molecule has 20 heavy (non-hydrogen) atoms. The van der Waals surface area contributed by atoms with Crippen LogP contribution in [0, 0.1) is 11.3 Å². The largest absolute Gasteiger partial charge is 0.333 e. The van der Waals surface area contributed by atoms with Crippen molar-refractivity contribution < 1.29 is 4.52 Å². The molecule has 4 nitrogen and oxygen atoms in total. The van der Waals surface area contributed by atoms with Crippen LogP contribution in [0.5, 0.6) is 0 Å². The monoisotopic (exact) mass is 299 g/mol. The van der Waals surface area contributed by atoms with Crippen molar-refractivity contribution in [3.8, 4) is 28.2 Å². The molecule has 98 valence electrons. The van der Waals surface area contributed by atoms with Gasteiger partial charge >= 0.3 is 0 Å². The molecule has 0 N–H and O–H groups in total. The first-order valence-electron chi connectivity index (χ1n) is 5.78. The van der Waals surface area contributed by atoms with Crippen molar-refractivity contribution in [3.63, 3.8) is 0 Å². The van der Waals surface area contributed by atoms with Crippen LogP contribution in [-0.4, -0.2) is 16.4 Å². The molecule has 0 aliphatic heterocycles. The molecule has 0 radical (unpaired) electrons. The number of hydrogen-bond acceptors (Lipinski definition) is 6. The maximum Gasteiger partial charge on any atom is 0.269 e. The Hall–Kier alpha value is -2.10. The summed E-state index contributed by atoms with van der Waals surface area (Å²) in [5, 5.41) is 14.8. The van der Waals surface area contributed by atoms with Gasteiger partial charge in [-0.1, -0.05) is 5.16 Å². The first kappa shape index (κ1) is 12.9. The molecule has 0 bridgehead atoms. The summed E-state index contributed by atoms with van der Waals surface area (Å²) in [6, 6.07) is 11.8. The van der Waals surface area contributed by atoms with Crippen LogP contribution in [0.15, 0.2) is 45.1 Å². The van der Waals surface area contributed by atoms with E-state index in [1.807, 2.05) is 35.9 Å². The SMILES string of the molecule is CSc1ccc(-c2noc(-c3sccc3C#N)n2)cc1. The lowest BCUT2D eigenvalue weighted by atomic mass is 10.2. The molecule has 0 aliphatic carbocycles. The normalized spacial score (nSPS) is 10.4. The van der Waals surface area contributed by atoms with Crippen molar-refractivity contribution in [3.05, 3.63) is 41.3 Å². The summed E-state index contributed by atoms with van der Waals surface area (Å²) in [6.45, 7) is 0. The maximum absolute atomic E-state index is 9.01. The molecule has 2 aromatic heterocycles. The lowest BCUT2D eigenvalue weighted by molar-refractivity contribution is 0.433. The highest BCUT2D eigenvalue weighted by molar-refractivity contribution is 7.98. The van der Waals surface area contributed by atoms with Gasteiger partial charge in [0.2, 0.25) is 5.82 Å². The number of aromatic nitrogens is 2. The van der Waals surface area contributed by atoms with Crippen LogP contribution in [0.25, 0.3) is 22.2 Å². The third-order valence-corrected chi connectivity index (χ3v) is 4.40. The highest BCUT2D eigenvalue weighted by atomic mass is 32.2. The first-order valence-corrected chi connectivity index (χ1v) is 7.88. The topological polar surface area (TPSA) is 62.7 Å². The van der Waals surface area contributed by atoms with Crippen molar-refractivity contribution in [2.24, 2.45) is 0 Å². The van der Waals surface area contributed by atoms with E-state index in [0.717, 1.165) is 5.56 Å². The predicted molar refractivity (Wildman–Crippen MR) is 79.5 cm³/mol. The molecule has 1 aromatic carbocycles. The Morgan fingerprint density at radius 3 is 2.75 bits per heavy atom. The molecule has 0 fully saturated rings. The van der Waals surface area contributed by atoms with Gasteiger partial charge in [0.15, 0.2) is 0 Å². The number of hydrogen-bond donors (Lipinski definition) is 0. The summed E-state index contributed by atoms with van der Waals surface area (Å²) < 4.78 is 5.26. The van der Waals surface area contributed by atoms with E-state index in [1.54, 1.807) is 17.8 Å². The van der Waals surface area contributed by atoms with Crippen molar-refractivity contribution in [1.82, 2.24) is 10.1 Å². The minimum Gasteiger partial charge on any atom is -0.333 e. The zero-order valence-electron chi connectivity index (χ0n) is 10.5. The van der Waals surface area contributed by atoms with E-state index in [4.69, 9.17) is 9.78 Å². The van der Waals surface area contributed by atoms with E-state index in [9.17, 15) is 0 Å². The number of nitriles is 1. The lowest BCUT2D eigenvalue weighted by Crippen LogP contribution is -1.81. The Kier molecular flexibility index (Phi) is 3.54. The van der Waals surface area contributed by atoms with Gasteiger partial charge in [0, 0.05) is 10.5 Å². The smallest absolute Gasteiger partial charge is 0.269 e. The summed E-state index contributed by atoms with van der Waals surface area (Å²) >= 11 is 3.10. The van der Waals surface area contributed by atoms with Crippen molar-refractivity contribution >= 4 is 23.1 Å². The predicted octanol–water partition coefficient (Wildman–Crippen LogP) is 4.06. The Bertz CT molecular complexity index is 768. The van der Waals surface area contributed by atoms with E-state index < -0.39 is 0 Å². The Balaban J connectivity index is 1.96. The Labute approximate surface area is 124 Å². The molecular formula is C14H9N3OS2. The van der Waals surface area contributed by atoms with Crippen LogP contribution >= 0.6 is 23.1 Å². The van der Waals surface area contributed by atoms with Crippen LogP contribution in [0.3, 0.4) is 0 Å². The summed E-state index contributed by atoms with van der Waals surface area (Å²) in [6.07, 6.45) is 2.03. The van der Waals surface area contributed by atoms with Crippen LogP contribution in [-0.2, 0) is 0 Å². The molecular weight excluding hydrogens is 290 g/mol. The van der Waals surface area contributed by atoms with Crippen LogP contribution < -0.4 is 0 Å². The molecule has 0 unspecified atom stereocenters. The average molecular weight is 299 g/mol. The highest BCUT2D eigenvalue weighted by Crippen LogP contribution is 2.29. The molecule has 0 atom stereocenters. The minimum atomic E-state index is 0.389. The van der Waals surface area contributed by atoms with Gasteiger partial charge in [-0.3, -0.25) is 0 Å². The molecule has 0 saturated heterocycles. The quantitative estimate of drug-likeness (QED) is 0.682. The Morgan fingerprint density at radius 2 is 2.05 bits per heavy atom. The van der Waals surface area contributed by atoms with Gasteiger partial charge in [-0.05, 0) is 42.0 Å². The summed E-state index contributed by atoms with van der Waals surface area (Å²) in [5.41, 5.74) is 1.45.